The van der Waals surface area contributed by atoms with E-state index in [1.165, 1.54) is 20.8 Å². The van der Waals surface area contributed by atoms with Gasteiger partial charge in [0.05, 0.1) is 43.9 Å². The van der Waals surface area contributed by atoms with Gasteiger partial charge in [-0.3, -0.25) is 71.9 Å². The fourth-order valence-corrected chi connectivity index (χ4v) is 5.97. The van der Waals surface area contributed by atoms with Crippen LogP contribution in [0.1, 0.15) is 155 Å². The van der Waals surface area contributed by atoms with E-state index >= 15 is 0 Å². The standard InChI is InChI=1S/C18H26N2O6.C15H20N2O5.C14H17FN2O5.2CH4.Na.H2O/c1-3-4-9-26-18-14(16(24)17(18)25)11-20-15(23)8-6-5-7-13(22)10-19-12(2)21;1-9-12(15(22)14(9)21)8-17-13(20)6-4-3-5-11(19)7-16-10(2)18;1-8(18)16-6-9(19)4-2-3-5-11(20)17-7-10-12(15)14(22)13(10)21;;;;/h3-11H2,1-2H3,(H,19,21)(H,20,23);3-8H2,1-2H3,(H,16,18)(H,17,20);2-7H2,1H3,(H,16,18)(H,17,20);2*1H4;;1H2/q;;;;;+1;/p-1. The van der Waals surface area contributed by atoms with Gasteiger partial charge >= 0.3 is 29.6 Å². The first-order valence-corrected chi connectivity index (χ1v) is 22.8. The van der Waals surface area contributed by atoms with Gasteiger partial charge in [0.15, 0.2) is 28.9 Å². The van der Waals surface area contributed by atoms with Crippen LogP contribution in [0.25, 0.3) is 0 Å². The van der Waals surface area contributed by atoms with Crippen LogP contribution in [0.5, 0.6) is 5.75 Å². The summed E-state index contributed by atoms with van der Waals surface area (Å²) in [6.07, 6.45) is 6.24. The van der Waals surface area contributed by atoms with Crippen LogP contribution in [-0.2, 0) is 62.8 Å². The number of ether oxygens (including phenoxy) is 1. The third-order valence-electron chi connectivity index (χ3n) is 10.2. The fraction of sp³-hybridized carbons (Fsp3) is 0.571. The van der Waals surface area contributed by atoms with Crippen molar-refractivity contribution < 1.29 is 87.3 Å². The van der Waals surface area contributed by atoms with E-state index in [2.05, 4.69) is 31.9 Å². The first-order chi connectivity index (χ1) is 33.0. The van der Waals surface area contributed by atoms with Crippen molar-refractivity contribution in [2.75, 3.05) is 26.2 Å². The number of rotatable bonds is 31. The van der Waals surface area contributed by atoms with Gasteiger partial charge in [-0.15, -0.1) is 0 Å². The summed E-state index contributed by atoms with van der Waals surface area (Å²) in [4.78, 5) is 168. The molecule has 23 nitrogen and oxygen atoms in total. The number of carbonyl (C=O) groups is 9. The Balaban J connectivity index is -0.000000486. The van der Waals surface area contributed by atoms with E-state index in [1.54, 1.807) is 6.92 Å². The number of hydrogen-bond acceptors (Lipinski definition) is 17. The molecule has 3 rings (SSSR count). The van der Waals surface area contributed by atoms with Gasteiger partial charge in [0.1, 0.15) is 0 Å². The van der Waals surface area contributed by atoms with Gasteiger partial charge in [0, 0.05) is 83.5 Å². The molecule has 0 fully saturated rings. The largest absolute Gasteiger partial charge is 1.00 e. The molecule has 0 saturated heterocycles. The second-order valence-corrected chi connectivity index (χ2v) is 16.2. The molecule has 0 radical (unpaired) electrons. The second-order valence-electron chi connectivity index (χ2n) is 16.2. The SMILES string of the molecule is C.C.CC(=O)NCC(=O)CCCCC(=O)NCc1c(C)c(=O)c1=O.CC(=O)NCC(=O)CCCCC(=O)NCc1c(F)c(=O)c1=O.CCCCOc1c(CNC(=O)CCCCC(=O)CNC(C)=O)c(=O)c1=O.[Na+].[OH-]. The normalized spacial score (nSPS) is 9.92. The van der Waals surface area contributed by atoms with Crippen LogP contribution in [0.15, 0.2) is 28.8 Å². The Hall–Kier alpha value is -6.24. The number of ketones is 3. The molecule has 0 aliphatic rings. The van der Waals surface area contributed by atoms with Crippen molar-refractivity contribution in [2.24, 2.45) is 0 Å². The van der Waals surface area contributed by atoms with Crippen molar-refractivity contribution in [1.29, 1.82) is 0 Å². The number of Topliss-reactive ketones (excluding diaryl/α,β-unsaturated/α-hetero) is 3. The van der Waals surface area contributed by atoms with Gasteiger partial charge in [-0.2, -0.15) is 0 Å². The average Bonchev–Trinajstić information content (AvgIpc) is 3.32. The summed E-state index contributed by atoms with van der Waals surface area (Å²) in [6.45, 7) is 7.68. The fourth-order valence-electron chi connectivity index (χ4n) is 5.97. The van der Waals surface area contributed by atoms with E-state index in [-0.39, 0.29) is 185 Å². The van der Waals surface area contributed by atoms with E-state index in [0.717, 1.165) is 12.8 Å². The number of amides is 6. The van der Waals surface area contributed by atoms with Crippen molar-refractivity contribution in [3.63, 3.8) is 0 Å². The molecular formula is C49H72FN6NaO17. The Morgan fingerprint density at radius 2 is 0.770 bits per heavy atom. The maximum Gasteiger partial charge on any atom is 1.00 e. The van der Waals surface area contributed by atoms with Crippen molar-refractivity contribution in [2.45, 2.75) is 159 Å². The molecule has 0 spiro atoms. The minimum atomic E-state index is -1.15. The molecule has 3 aromatic rings. The Morgan fingerprint density at radius 3 is 1.11 bits per heavy atom. The quantitative estimate of drug-likeness (QED) is 0.0216. The summed E-state index contributed by atoms with van der Waals surface area (Å²) in [5, 5.41) is 14.7. The van der Waals surface area contributed by atoms with Gasteiger partial charge in [-0.1, -0.05) is 28.2 Å². The first-order valence-electron chi connectivity index (χ1n) is 22.8. The maximum atomic E-state index is 12.9. The number of halogens is 1. The Bertz CT molecular complexity index is 2440. The minimum Gasteiger partial charge on any atom is -0.870 e. The van der Waals surface area contributed by atoms with E-state index < -0.39 is 38.4 Å². The number of hydrogen-bond donors (Lipinski definition) is 6. The summed E-state index contributed by atoms with van der Waals surface area (Å²) in [5.74, 6) is -2.96. The summed E-state index contributed by atoms with van der Waals surface area (Å²) in [5.41, 5.74) is -3.62. The van der Waals surface area contributed by atoms with Crippen LogP contribution in [0.4, 0.5) is 4.39 Å². The topological polar surface area (TPSA) is 367 Å². The molecule has 0 atom stereocenters. The second kappa shape index (κ2) is 40.2. The molecule has 0 heterocycles. The van der Waals surface area contributed by atoms with Crippen molar-refractivity contribution in [3.05, 3.63) is 89.4 Å². The van der Waals surface area contributed by atoms with Crippen molar-refractivity contribution in [1.82, 2.24) is 31.9 Å². The van der Waals surface area contributed by atoms with Crippen LogP contribution >= 0.6 is 0 Å². The number of unbranched alkanes of at least 4 members (excludes halogenated alkanes) is 4. The zero-order chi connectivity index (χ0) is 52.9. The number of nitrogens with one attached hydrogen (secondary N) is 6. The Kier molecular flexibility index (Phi) is 40.3. The molecule has 0 aliphatic carbocycles. The summed E-state index contributed by atoms with van der Waals surface area (Å²) in [7, 11) is 0. The molecule has 25 heteroatoms. The maximum absolute atomic E-state index is 12.9. The molecule has 74 heavy (non-hydrogen) atoms. The molecule has 0 bridgehead atoms. The molecule has 0 saturated carbocycles. The predicted molar refractivity (Wildman–Crippen MR) is 267 cm³/mol. The first kappa shape index (κ1) is 74.3. The summed E-state index contributed by atoms with van der Waals surface area (Å²) >= 11 is 0. The zero-order valence-electron chi connectivity index (χ0n) is 41.7. The molecular weight excluding hydrogens is 987 g/mol. The van der Waals surface area contributed by atoms with E-state index in [9.17, 15) is 76.3 Å². The zero-order valence-corrected chi connectivity index (χ0v) is 43.7. The Morgan fingerprint density at radius 1 is 0.446 bits per heavy atom. The van der Waals surface area contributed by atoms with Crippen LogP contribution in [0.2, 0.25) is 0 Å². The molecule has 0 aliphatic heterocycles. The van der Waals surface area contributed by atoms with Crippen molar-refractivity contribution in [3.8, 4) is 5.75 Å². The monoisotopic (exact) mass is 1060 g/mol. The average molecular weight is 1060 g/mol. The van der Waals surface area contributed by atoms with Crippen LogP contribution in [-0.4, -0.2) is 84.5 Å². The van der Waals surface area contributed by atoms with E-state index in [0.29, 0.717) is 69.1 Å². The van der Waals surface area contributed by atoms with Gasteiger partial charge in [-0.25, -0.2) is 4.39 Å². The minimum absolute atomic E-state index is 0. The van der Waals surface area contributed by atoms with E-state index in [4.69, 9.17) is 4.74 Å². The van der Waals surface area contributed by atoms with Gasteiger partial charge in [0.2, 0.25) is 57.2 Å². The van der Waals surface area contributed by atoms with E-state index in [1.807, 2.05) is 6.92 Å². The van der Waals surface area contributed by atoms with Crippen LogP contribution < -0.4 is 98.8 Å². The smallest absolute Gasteiger partial charge is 0.870 e. The summed E-state index contributed by atoms with van der Waals surface area (Å²) < 4.78 is 18.2. The van der Waals surface area contributed by atoms with Gasteiger partial charge in [-0.05, 0) is 51.9 Å². The molecule has 6 amide bonds. The molecule has 0 unspecified atom stereocenters. The third-order valence-corrected chi connectivity index (χ3v) is 10.2. The molecule has 3 aromatic carbocycles. The van der Waals surface area contributed by atoms with Crippen LogP contribution in [0.3, 0.4) is 0 Å². The van der Waals surface area contributed by atoms with Gasteiger partial charge in [0.25, 0.3) is 10.9 Å². The predicted octanol–water partition coefficient (Wildman–Crippen LogP) is -2.78. The van der Waals surface area contributed by atoms with Gasteiger partial charge < -0.3 is 42.1 Å². The molecule has 7 N–H and O–H groups in total. The molecule has 0 aromatic heterocycles. The van der Waals surface area contributed by atoms with Crippen LogP contribution in [0, 0.1) is 12.7 Å². The summed E-state index contributed by atoms with van der Waals surface area (Å²) in [6, 6.07) is 0. The number of carbonyl (C=O) groups excluding carboxylic acids is 9. The molecule has 408 valence electrons. The van der Waals surface area contributed by atoms with Crippen molar-refractivity contribution >= 4 is 52.8 Å². The Labute approximate surface area is 450 Å². The third kappa shape index (κ3) is 28.9.